The molecule has 1 aliphatic rings. The molecule has 2 heterocycles. The molecule has 1 saturated heterocycles. The van der Waals surface area contributed by atoms with Crippen molar-refractivity contribution in [2.45, 2.75) is 57.1 Å². The van der Waals surface area contributed by atoms with Crippen molar-refractivity contribution < 1.29 is 18.3 Å². The van der Waals surface area contributed by atoms with Gasteiger partial charge in [-0.15, -0.1) is 0 Å². The number of hydrogen-bond donors (Lipinski definition) is 1. The predicted octanol–water partition coefficient (Wildman–Crippen LogP) is 0.668. The van der Waals surface area contributed by atoms with Crippen molar-refractivity contribution in [2.24, 2.45) is 0 Å². The Morgan fingerprint density at radius 3 is 2.78 bits per heavy atom. The van der Waals surface area contributed by atoms with Gasteiger partial charge in [0.05, 0.1) is 31.1 Å². The molecular weight excluding hydrogens is 318 g/mol. The van der Waals surface area contributed by atoms with Gasteiger partial charge in [0.1, 0.15) is 0 Å². The second kappa shape index (κ2) is 7.74. The molecular formula is C15H27N3O4S. The third-order valence-corrected chi connectivity index (χ3v) is 5.12. The normalized spacial score (nSPS) is 19.1. The minimum absolute atomic E-state index is 0.0359. The molecule has 1 aliphatic heterocycles. The molecule has 2 rings (SSSR count). The van der Waals surface area contributed by atoms with Crippen LogP contribution in [0.3, 0.4) is 0 Å². The highest BCUT2D eigenvalue weighted by molar-refractivity contribution is 7.90. The van der Waals surface area contributed by atoms with Crippen LogP contribution in [-0.4, -0.2) is 66.1 Å². The second-order valence-electron chi connectivity index (χ2n) is 6.34. The predicted molar refractivity (Wildman–Crippen MR) is 86.9 cm³/mol. The smallest absolute Gasteiger partial charge is 0.227 e. The van der Waals surface area contributed by atoms with Crippen LogP contribution >= 0.6 is 0 Å². The molecule has 0 spiro atoms. The van der Waals surface area contributed by atoms with E-state index in [0.717, 1.165) is 25.1 Å². The van der Waals surface area contributed by atoms with Gasteiger partial charge in [-0.1, -0.05) is 0 Å². The van der Waals surface area contributed by atoms with E-state index in [-0.39, 0.29) is 23.9 Å². The minimum atomic E-state index is -3.39. The largest absolute Gasteiger partial charge is 0.395 e. The molecule has 8 heteroatoms. The Morgan fingerprint density at radius 2 is 2.26 bits per heavy atom. The zero-order valence-corrected chi connectivity index (χ0v) is 14.9. The maximum absolute atomic E-state index is 12.0. The molecule has 0 unspecified atom stereocenters. The maximum atomic E-state index is 12.0. The van der Waals surface area contributed by atoms with E-state index in [9.17, 15) is 13.5 Å². The van der Waals surface area contributed by atoms with Crippen molar-refractivity contribution >= 4 is 9.84 Å². The molecule has 0 aromatic carbocycles. The van der Waals surface area contributed by atoms with Gasteiger partial charge < -0.3 is 14.4 Å². The van der Waals surface area contributed by atoms with Crippen LogP contribution in [0.2, 0.25) is 0 Å². The van der Waals surface area contributed by atoms with E-state index in [1.54, 1.807) is 10.8 Å². The van der Waals surface area contributed by atoms with Gasteiger partial charge in [0, 0.05) is 32.0 Å². The number of nitrogens with zero attached hydrogens (tertiary/aromatic N) is 3. The average Bonchev–Trinajstić information content (AvgIpc) is 3.08. The molecule has 1 aromatic rings. The number of sulfone groups is 1. The summed E-state index contributed by atoms with van der Waals surface area (Å²) in [6.45, 7) is 6.48. The number of aromatic nitrogens is 2. The first-order valence-corrected chi connectivity index (χ1v) is 9.93. The molecule has 0 radical (unpaired) electrons. The summed E-state index contributed by atoms with van der Waals surface area (Å²) in [6.07, 6.45) is 4.78. The third-order valence-electron chi connectivity index (χ3n) is 4.13. The van der Waals surface area contributed by atoms with Gasteiger partial charge in [-0.2, -0.15) is 0 Å². The zero-order chi connectivity index (χ0) is 17.0. The topological polar surface area (TPSA) is 84.7 Å². The van der Waals surface area contributed by atoms with E-state index in [2.05, 4.69) is 9.88 Å². The van der Waals surface area contributed by atoms with Gasteiger partial charge in [0.15, 0.2) is 0 Å². The molecule has 0 amide bonds. The Hall–Kier alpha value is -0.960. The minimum Gasteiger partial charge on any atom is -0.395 e. The maximum Gasteiger partial charge on any atom is 0.227 e. The number of aliphatic hydroxyl groups is 1. The lowest BCUT2D eigenvalue weighted by atomic mass is 10.2. The van der Waals surface area contributed by atoms with Crippen molar-refractivity contribution in [3.05, 3.63) is 11.9 Å². The van der Waals surface area contributed by atoms with Crippen molar-refractivity contribution in [3.8, 4) is 0 Å². The van der Waals surface area contributed by atoms with Crippen LogP contribution in [0.1, 0.15) is 32.4 Å². The lowest BCUT2D eigenvalue weighted by Gasteiger charge is -2.26. The summed E-state index contributed by atoms with van der Waals surface area (Å²) in [7, 11) is -3.39. The molecule has 7 nitrogen and oxygen atoms in total. The van der Waals surface area contributed by atoms with Crippen LogP contribution in [0.4, 0.5) is 0 Å². The first kappa shape index (κ1) is 18.4. The molecule has 0 aliphatic carbocycles. The number of rotatable bonds is 8. The highest BCUT2D eigenvalue weighted by Crippen LogP contribution is 2.20. The Bertz CT molecular complexity index is 606. The summed E-state index contributed by atoms with van der Waals surface area (Å²) in [5, 5.41) is 9.31. The van der Waals surface area contributed by atoms with Crippen molar-refractivity contribution in [3.63, 3.8) is 0 Å². The molecule has 1 aromatic heterocycles. The second-order valence-corrected chi connectivity index (χ2v) is 8.25. The summed E-state index contributed by atoms with van der Waals surface area (Å²) in [4.78, 5) is 6.22. The first-order valence-electron chi connectivity index (χ1n) is 8.04. The van der Waals surface area contributed by atoms with Crippen LogP contribution in [0.5, 0.6) is 0 Å². The van der Waals surface area contributed by atoms with Crippen LogP contribution in [0.25, 0.3) is 0 Å². The Kier molecular flexibility index (Phi) is 6.19. The summed E-state index contributed by atoms with van der Waals surface area (Å²) in [5.74, 6) is 0. The van der Waals surface area contributed by atoms with Crippen molar-refractivity contribution in [2.75, 3.05) is 26.0 Å². The van der Waals surface area contributed by atoms with Gasteiger partial charge >= 0.3 is 0 Å². The van der Waals surface area contributed by atoms with Gasteiger partial charge in [-0.3, -0.25) is 4.90 Å². The summed E-state index contributed by atoms with van der Waals surface area (Å²) in [5.41, 5.74) is 0.836. The monoisotopic (exact) mass is 345 g/mol. The van der Waals surface area contributed by atoms with Gasteiger partial charge in [0.25, 0.3) is 0 Å². The van der Waals surface area contributed by atoms with Crippen LogP contribution in [-0.2, 0) is 27.7 Å². The van der Waals surface area contributed by atoms with Crippen LogP contribution < -0.4 is 0 Å². The van der Waals surface area contributed by atoms with Crippen molar-refractivity contribution in [1.82, 2.24) is 14.5 Å². The Labute approximate surface area is 138 Å². The first-order chi connectivity index (χ1) is 10.8. The number of imidazole rings is 1. The van der Waals surface area contributed by atoms with E-state index in [4.69, 9.17) is 4.74 Å². The van der Waals surface area contributed by atoms with Crippen LogP contribution in [0.15, 0.2) is 11.4 Å². The van der Waals surface area contributed by atoms with E-state index >= 15 is 0 Å². The van der Waals surface area contributed by atoms with E-state index in [1.165, 1.54) is 6.26 Å². The highest BCUT2D eigenvalue weighted by Gasteiger charge is 2.25. The zero-order valence-electron chi connectivity index (χ0n) is 14.1. The van der Waals surface area contributed by atoms with Gasteiger partial charge in [-0.05, 0) is 26.7 Å². The highest BCUT2D eigenvalue weighted by atomic mass is 32.2. The molecule has 1 N–H and O–H groups in total. The van der Waals surface area contributed by atoms with Crippen molar-refractivity contribution in [1.29, 1.82) is 0 Å². The molecule has 0 bridgehead atoms. The summed E-state index contributed by atoms with van der Waals surface area (Å²) in [6, 6.07) is 0.245. The lowest BCUT2D eigenvalue weighted by molar-refractivity contribution is 0.0922. The summed E-state index contributed by atoms with van der Waals surface area (Å²) < 4.78 is 31.4. The van der Waals surface area contributed by atoms with Crippen LogP contribution in [0, 0.1) is 0 Å². The summed E-state index contributed by atoms with van der Waals surface area (Å²) >= 11 is 0. The van der Waals surface area contributed by atoms with Gasteiger partial charge in [0.2, 0.25) is 15.0 Å². The standard InChI is InChI=1S/C15H27N3O4S/c1-12(2)17(6-7-19)10-13-9-16-15(23(3,20)21)18(13)11-14-5-4-8-22-14/h9,12,14,19H,4-8,10-11H2,1-3H3/t14-/m0/s1. The average molecular weight is 345 g/mol. The third kappa shape index (κ3) is 4.76. The number of hydrogen-bond acceptors (Lipinski definition) is 6. The fourth-order valence-electron chi connectivity index (χ4n) is 2.86. The van der Waals surface area contributed by atoms with E-state index in [1.807, 2.05) is 13.8 Å². The van der Waals surface area contributed by atoms with Gasteiger partial charge in [-0.25, -0.2) is 13.4 Å². The van der Waals surface area contributed by atoms with E-state index in [0.29, 0.717) is 19.6 Å². The number of ether oxygens (including phenoxy) is 1. The molecule has 1 atom stereocenters. The molecule has 132 valence electrons. The molecule has 1 fully saturated rings. The Morgan fingerprint density at radius 1 is 1.52 bits per heavy atom. The fourth-order valence-corrected chi connectivity index (χ4v) is 3.69. The quantitative estimate of drug-likeness (QED) is 0.745. The molecule has 0 saturated carbocycles. The van der Waals surface area contributed by atoms with E-state index < -0.39 is 9.84 Å². The molecule has 23 heavy (non-hydrogen) atoms. The Balaban J connectivity index is 2.28. The fraction of sp³-hybridized carbons (Fsp3) is 0.800. The SMILES string of the molecule is CC(C)N(CCO)Cc1cnc(S(C)(=O)=O)n1C[C@@H]1CCCO1. The lowest BCUT2D eigenvalue weighted by Crippen LogP contribution is -2.34. The number of aliphatic hydroxyl groups excluding tert-OH is 1.